The molecule has 8 nitrogen and oxygen atoms in total. The number of nitrogens with two attached hydrogens (primary N) is 1. The van der Waals surface area contributed by atoms with Gasteiger partial charge < -0.3 is 11.1 Å². The molecule has 1 aromatic carbocycles. The van der Waals surface area contributed by atoms with Gasteiger partial charge in [0, 0.05) is 10.4 Å². The van der Waals surface area contributed by atoms with Crippen LogP contribution in [0.4, 0.5) is 5.00 Å². The van der Waals surface area contributed by atoms with Crippen LogP contribution in [0.25, 0.3) is 11.4 Å². The molecule has 0 unspecified atom stereocenters. The summed E-state index contributed by atoms with van der Waals surface area (Å²) in [5.41, 5.74) is 7.81. The van der Waals surface area contributed by atoms with Crippen molar-refractivity contribution >= 4 is 28.2 Å². The molecule has 3 N–H and O–H groups in total. The third-order valence-electron chi connectivity index (χ3n) is 4.44. The molecular formula is C18H18N6O2S. The van der Waals surface area contributed by atoms with Gasteiger partial charge in [0.2, 0.25) is 11.7 Å². The molecule has 0 spiro atoms. The molecule has 27 heavy (non-hydrogen) atoms. The number of fused-ring (bicyclic) bond motifs is 1. The van der Waals surface area contributed by atoms with Gasteiger partial charge in [-0.2, -0.15) is 4.80 Å². The predicted molar refractivity (Wildman–Crippen MR) is 101 cm³/mol. The van der Waals surface area contributed by atoms with Crippen molar-refractivity contribution in [3.63, 3.8) is 0 Å². The Kier molecular flexibility index (Phi) is 4.68. The van der Waals surface area contributed by atoms with Gasteiger partial charge in [0.05, 0.1) is 5.56 Å². The van der Waals surface area contributed by atoms with Crippen LogP contribution in [0.15, 0.2) is 30.3 Å². The van der Waals surface area contributed by atoms with Crippen molar-refractivity contribution in [2.45, 2.75) is 32.2 Å². The van der Waals surface area contributed by atoms with Crippen molar-refractivity contribution in [2.75, 3.05) is 5.32 Å². The molecule has 1 aliphatic rings. The number of hydrogen-bond donors (Lipinski definition) is 2. The summed E-state index contributed by atoms with van der Waals surface area (Å²) in [6, 6.07) is 9.41. The lowest BCUT2D eigenvalue weighted by molar-refractivity contribution is -0.117. The number of nitrogens with zero attached hydrogens (tertiary/aromatic N) is 4. The number of thiophene rings is 1. The minimum absolute atomic E-state index is 0.0966. The lowest BCUT2D eigenvalue weighted by Crippen LogP contribution is -2.22. The van der Waals surface area contributed by atoms with E-state index in [-0.39, 0.29) is 12.5 Å². The van der Waals surface area contributed by atoms with Gasteiger partial charge in [-0.05, 0) is 36.5 Å². The van der Waals surface area contributed by atoms with E-state index in [4.69, 9.17) is 5.73 Å². The summed E-state index contributed by atoms with van der Waals surface area (Å²) >= 11 is 1.43. The smallest absolute Gasteiger partial charge is 0.251 e. The number of tetrazole rings is 1. The van der Waals surface area contributed by atoms with Gasteiger partial charge in [0.25, 0.3) is 5.91 Å². The fourth-order valence-corrected chi connectivity index (χ4v) is 4.53. The number of amides is 2. The van der Waals surface area contributed by atoms with E-state index in [0.29, 0.717) is 16.4 Å². The molecule has 0 aliphatic heterocycles. The lowest BCUT2D eigenvalue weighted by atomic mass is 9.95. The molecular weight excluding hydrogens is 364 g/mol. The summed E-state index contributed by atoms with van der Waals surface area (Å²) in [6.07, 6.45) is 3.86. The molecule has 0 saturated carbocycles. The maximum Gasteiger partial charge on any atom is 0.251 e. The van der Waals surface area contributed by atoms with Crippen LogP contribution in [0.3, 0.4) is 0 Å². The van der Waals surface area contributed by atoms with Gasteiger partial charge in [0.15, 0.2) is 0 Å². The molecule has 0 atom stereocenters. The summed E-state index contributed by atoms with van der Waals surface area (Å²) < 4.78 is 0. The maximum atomic E-state index is 12.4. The van der Waals surface area contributed by atoms with Crippen LogP contribution in [-0.2, 0) is 24.2 Å². The van der Waals surface area contributed by atoms with E-state index in [9.17, 15) is 9.59 Å². The molecule has 4 rings (SSSR count). The van der Waals surface area contributed by atoms with Crippen LogP contribution >= 0.6 is 11.3 Å². The van der Waals surface area contributed by atoms with Crippen molar-refractivity contribution in [1.29, 1.82) is 0 Å². The van der Waals surface area contributed by atoms with Crippen LogP contribution in [0.2, 0.25) is 0 Å². The average Bonchev–Trinajstić information content (AvgIpc) is 3.26. The molecule has 3 aromatic rings. The van der Waals surface area contributed by atoms with E-state index in [1.54, 1.807) is 0 Å². The standard InChI is InChI=1S/C18H18N6O2S/c19-16(26)15-12-8-4-5-9-13(12)27-18(15)20-14(25)10-24-22-17(21-23-24)11-6-2-1-3-7-11/h1-3,6-7H,4-5,8-10H2,(H2,19,26)(H,20,25). The highest BCUT2D eigenvalue weighted by Crippen LogP contribution is 2.37. The fourth-order valence-electron chi connectivity index (χ4n) is 3.22. The number of primary amides is 1. The Balaban J connectivity index is 1.50. The first-order valence-electron chi connectivity index (χ1n) is 8.69. The number of nitrogens with one attached hydrogen (secondary N) is 1. The molecule has 2 aromatic heterocycles. The fraction of sp³-hybridized carbons (Fsp3) is 0.278. The van der Waals surface area contributed by atoms with Crippen molar-refractivity contribution in [1.82, 2.24) is 20.2 Å². The summed E-state index contributed by atoms with van der Waals surface area (Å²) in [7, 11) is 0. The average molecular weight is 382 g/mol. The zero-order valence-corrected chi connectivity index (χ0v) is 15.3. The van der Waals surface area contributed by atoms with Gasteiger partial charge in [0.1, 0.15) is 11.5 Å². The monoisotopic (exact) mass is 382 g/mol. The molecule has 9 heteroatoms. The summed E-state index contributed by atoms with van der Waals surface area (Å²) in [6.45, 7) is -0.0966. The quantitative estimate of drug-likeness (QED) is 0.700. The molecule has 2 heterocycles. The number of anilines is 1. The summed E-state index contributed by atoms with van der Waals surface area (Å²) in [4.78, 5) is 26.7. The molecule has 0 fully saturated rings. The number of aryl methyl sites for hydroxylation is 1. The second-order valence-electron chi connectivity index (χ2n) is 6.34. The lowest BCUT2D eigenvalue weighted by Gasteiger charge is -2.11. The Morgan fingerprint density at radius 2 is 1.96 bits per heavy atom. The van der Waals surface area contributed by atoms with Crippen molar-refractivity contribution in [3.05, 3.63) is 46.3 Å². The van der Waals surface area contributed by atoms with Gasteiger partial charge in [-0.25, -0.2) is 0 Å². The van der Waals surface area contributed by atoms with E-state index >= 15 is 0 Å². The minimum atomic E-state index is -0.505. The molecule has 138 valence electrons. The normalized spacial score (nSPS) is 13.2. The number of carbonyl (C=O) groups excluding carboxylic acids is 2. The van der Waals surface area contributed by atoms with Crippen LogP contribution in [0.5, 0.6) is 0 Å². The minimum Gasteiger partial charge on any atom is -0.365 e. The first kappa shape index (κ1) is 17.3. The van der Waals surface area contributed by atoms with E-state index in [2.05, 4.69) is 20.7 Å². The van der Waals surface area contributed by atoms with Gasteiger partial charge in [-0.1, -0.05) is 30.3 Å². The van der Waals surface area contributed by atoms with E-state index in [1.165, 1.54) is 16.1 Å². The maximum absolute atomic E-state index is 12.4. The number of benzene rings is 1. The van der Waals surface area contributed by atoms with Gasteiger partial charge in [-0.15, -0.1) is 21.5 Å². The first-order chi connectivity index (χ1) is 13.1. The van der Waals surface area contributed by atoms with Crippen LogP contribution in [0, 0.1) is 0 Å². The zero-order valence-electron chi connectivity index (χ0n) is 14.5. The first-order valence-corrected chi connectivity index (χ1v) is 9.51. The third kappa shape index (κ3) is 3.59. The highest BCUT2D eigenvalue weighted by molar-refractivity contribution is 7.17. The number of carbonyl (C=O) groups is 2. The number of hydrogen-bond acceptors (Lipinski definition) is 6. The topological polar surface area (TPSA) is 116 Å². The Morgan fingerprint density at radius 3 is 2.74 bits per heavy atom. The van der Waals surface area contributed by atoms with E-state index < -0.39 is 5.91 Å². The molecule has 0 saturated heterocycles. The number of rotatable bonds is 5. The van der Waals surface area contributed by atoms with Crippen LogP contribution < -0.4 is 11.1 Å². The van der Waals surface area contributed by atoms with Crippen molar-refractivity contribution < 1.29 is 9.59 Å². The Hall–Kier alpha value is -3.07. The summed E-state index contributed by atoms with van der Waals surface area (Å²) in [5, 5.41) is 15.4. The highest BCUT2D eigenvalue weighted by Gasteiger charge is 2.25. The van der Waals surface area contributed by atoms with Crippen molar-refractivity contribution in [3.8, 4) is 11.4 Å². The van der Waals surface area contributed by atoms with Gasteiger partial charge in [-0.3, -0.25) is 9.59 Å². The molecule has 2 amide bonds. The Labute approximate surface area is 159 Å². The second-order valence-corrected chi connectivity index (χ2v) is 7.44. The van der Waals surface area contributed by atoms with E-state index in [0.717, 1.165) is 41.7 Å². The molecule has 1 aliphatic carbocycles. The second kappa shape index (κ2) is 7.28. The van der Waals surface area contributed by atoms with Gasteiger partial charge >= 0.3 is 0 Å². The predicted octanol–water partition coefficient (Wildman–Crippen LogP) is 2.02. The van der Waals surface area contributed by atoms with Crippen molar-refractivity contribution in [2.24, 2.45) is 5.73 Å². The zero-order chi connectivity index (χ0) is 18.8. The SMILES string of the molecule is NC(=O)c1c(NC(=O)Cn2nnc(-c3ccccc3)n2)sc2c1CCCC2. The highest BCUT2D eigenvalue weighted by atomic mass is 32.1. The summed E-state index contributed by atoms with van der Waals surface area (Å²) in [5.74, 6) is -0.379. The number of aromatic nitrogens is 4. The molecule has 0 radical (unpaired) electrons. The third-order valence-corrected chi connectivity index (χ3v) is 5.65. The Morgan fingerprint density at radius 1 is 1.19 bits per heavy atom. The van der Waals surface area contributed by atoms with Crippen LogP contribution in [-0.4, -0.2) is 32.0 Å². The largest absolute Gasteiger partial charge is 0.365 e. The van der Waals surface area contributed by atoms with Crippen LogP contribution in [0.1, 0.15) is 33.6 Å². The Bertz CT molecular complexity index is 995. The van der Waals surface area contributed by atoms with E-state index in [1.807, 2.05) is 30.3 Å². The molecule has 0 bridgehead atoms.